The van der Waals surface area contributed by atoms with Crippen molar-refractivity contribution in [2.75, 3.05) is 6.61 Å². The number of carbonyl (C=O) groups excluding carboxylic acids is 1. The van der Waals surface area contributed by atoms with Crippen LogP contribution in [0.25, 0.3) is 0 Å². The van der Waals surface area contributed by atoms with Crippen LogP contribution in [0.1, 0.15) is 25.3 Å². The van der Waals surface area contributed by atoms with Crippen molar-refractivity contribution >= 4 is 5.91 Å². The lowest BCUT2D eigenvalue weighted by Crippen LogP contribution is -2.42. The first kappa shape index (κ1) is 18.6. The summed E-state index contributed by atoms with van der Waals surface area (Å²) in [5.41, 5.74) is 0.727. The first-order chi connectivity index (χ1) is 11.3. The summed E-state index contributed by atoms with van der Waals surface area (Å²) in [5.74, 6) is -0.658. The average molecular weight is 341 g/mol. The number of ether oxygens (including phenoxy) is 2. The highest BCUT2D eigenvalue weighted by atomic mass is 16.7. The summed E-state index contributed by atoms with van der Waals surface area (Å²) < 4.78 is 10.6. The number of amides is 1. The van der Waals surface area contributed by atoms with Gasteiger partial charge in [-0.3, -0.25) is 4.79 Å². The molecule has 8 nitrogen and oxygen atoms in total. The number of nitrogens with one attached hydrogen (secondary N) is 1. The predicted octanol–water partition coefficient (Wildman–Crippen LogP) is -0.587. The summed E-state index contributed by atoms with van der Waals surface area (Å²) in [7, 11) is 0. The maximum absolute atomic E-state index is 12.2. The molecule has 2 unspecified atom stereocenters. The highest BCUT2D eigenvalue weighted by Crippen LogP contribution is 2.23. The molecule has 1 heterocycles. The number of carbonyl (C=O) groups is 1. The van der Waals surface area contributed by atoms with Gasteiger partial charge in [0.15, 0.2) is 6.29 Å². The van der Waals surface area contributed by atoms with Crippen LogP contribution < -0.4 is 5.32 Å². The first-order valence-corrected chi connectivity index (χ1v) is 7.70. The highest BCUT2D eigenvalue weighted by molar-refractivity contribution is 5.83. The maximum atomic E-state index is 12.2. The Balaban J connectivity index is 1.88. The second kappa shape index (κ2) is 7.91. The van der Waals surface area contributed by atoms with E-state index in [0.29, 0.717) is 0 Å². The van der Waals surface area contributed by atoms with Gasteiger partial charge < -0.3 is 35.2 Å². The number of benzene rings is 1. The van der Waals surface area contributed by atoms with Crippen molar-refractivity contribution in [1.82, 2.24) is 5.32 Å². The number of rotatable bonds is 6. The molecule has 5 N–H and O–H groups in total. The fourth-order valence-electron chi connectivity index (χ4n) is 2.45. The number of phenols is 1. The van der Waals surface area contributed by atoms with Gasteiger partial charge in [-0.25, -0.2) is 0 Å². The number of aromatic hydroxyl groups is 1. The Morgan fingerprint density at radius 3 is 2.42 bits per heavy atom. The second-order valence-electron chi connectivity index (χ2n) is 5.81. The second-order valence-corrected chi connectivity index (χ2v) is 5.81. The van der Waals surface area contributed by atoms with Gasteiger partial charge in [0.2, 0.25) is 5.91 Å². The molecule has 8 heteroatoms. The average Bonchev–Trinajstić information content (AvgIpc) is 2.82. The van der Waals surface area contributed by atoms with Gasteiger partial charge in [0.25, 0.3) is 0 Å². The summed E-state index contributed by atoms with van der Waals surface area (Å²) in [5, 5.41) is 40.4. The van der Waals surface area contributed by atoms with Crippen LogP contribution in [0.2, 0.25) is 0 Å². The molecule has 0 aromatic heterocycles. The summed E-state index contributed by atoms with van der Waals surface area (Å²) in [4.78, 5) is 12.2. The summed E-state index contributed by atoms with van der Waals surface area (Å²) in [6.07, 6.45) is -5.41. The summed E-state index contributed by atoms with van der Waals surface area (Å²) in [6.45, 7) is 2.83. The van der Waals surface area contributed by atoms with E-state index in [0.717, 1.165) is 5.56 Å². The molecule has 1 aliphatic heterocycles. The first-order valence-electron chi connectivity index (χ1n) is 7.70. The summed E-state index contributed by atoms with van der Waals surface area (Å²) in [6, 6.07) is 6.30. The smallest absolute Gasteiger partial charge is 0.229 e. The zero-order chi connectivity index (χ0) is 17.9. The number of hydrogen-bond acceptors (Lipinski definition) is 7. The number of aliphatic hydroxyl groups excluding tert-OH is 3. The number of aliphatic hydroxyl groups is 3. The van der Waals surface area contributed by atoms with Gasteiger partial charge in [0.05, 0.1) is 12.5 Å². The van der Waals surface area contributed by atoms with Gasteiger partial charge in [0, 0.05) is 0 Å². The summed E-state index contributed by atoms with van der Waals surface area (Å²) >= 11 is 0. The van der Waals surface area contributed by atoms with Crippen LogP contribution in [-0.2, 0) is 14.3 Å². The van der Waals surface area contributed by atoms with E-state index in [4.69, 9.17) is 14.6 Å². The van der Waals surface area contributed by atoms with Gasteiger partial charge in [-0.2, -0.15) is 0 Å². The Kier molecular flexibility index (Phi) is 6.14. The molecule has 1 fully saturated rings. The van der Waals surface area contributed by atoms with E-state index >= 15 is 0 Å². The van der Waals surface area contributed by atoms with Gasteiger partial charge in [-0.05, 0) is 31.5 Å². The third-order valence-corrected chi connectivity index (χ3v) is 3.97. The maximum Gasteiger partial charge on any atom is 0.229 e. The van der Waals surface area contributed by atoms with E-state index in [1.165, 1.54) is 12.1 Å². The van der Waals surface area contributed by atoms with Crippen molar-refractivity contribution in [2.45, 2.75) is 50.6 Å². The third-order valence-electron chi connectivity index (χ3n) is 3.97. The molecule has 0 aliphatic carbocycles. The van der Waals surface area contributed by atoms with Gasteiger partial charge >= 0.3 is 0 Å². The predicted molar refractivity (Wildman–Crippen MR) is 83.0 cm³/mol. The van der Waals surface area contributed by atoms with Crippen molar-refractivity contribution in [2.24, 2.45) is 0 Å². The molecule has 1 amide bonds. The Labute approximate surface area is 139 Å². The van der Waals surface area contributed by atoms with Crippen molar-refractivity contribution in [3.8, 4) is 5.75 Å². The van der Waals surface area contributed by atoms with Crippen LogP contribution in [0, 0.1) is 0 Å². The minimum atomic E-state index is -1.31. The molecule has 0 radical (unpaired) electrons. The van der Waals surface area contributed by atoms with E-state index in [1.807, 2.05) is 0 Å². The van der Waals surface area contributed by atoms with E-state index in [2.05, 4.69) is 5.32 Å². The van der Waals surface area contributed by atoms with Gasteiger partial charge in [-0.15, -0.1) is 0 Å². The fourth-order valence-corrected chi connectivity index (χ4v) is 2.45. The van der Waals surface area contributed by atoms with Crippen molar-refractivity contribution in [3.63, 3.8) is 0 Å². The minimum Gasteiger partial charge on any atom is -0.508 e. The zero-order valence-corrected chi connectivity index (χ0v) is 13.5. The van der Waals surface area contributed by atoms with E-state index < -0.39 is 43.4 Å². The standard InChI is InChI=1S/C16H23NO7/c1-8(10-3-5-11(19)6-4-10)15(22)17-9(2)23-16-14(21)13(20)12(7-18)24-16/h3-6,8-9,12-14,16,18-21H,7H2,1-2H3,(H,17,22)/t8?,9?,12-,13-,14-,16-/m1/s1. The van der Waals surface area contributed by atoms with E-state index in [-0.39, 0.29) is 11.7 Å². The Morgan fingerprint density at radius 2 is 1.88 bits per heavy atom. The van der Waals surface area contributed by atoms with Crippen LogP contribution in [0.4, 0.5) is 0 Å². The molecule has 0 saturated carbocycles. The highest BCUT2D eigenvalue weighted by Gasteiger charge is 2.43. The van der Waals surface area contributed by atoms with Crippen LogP contribution in [0.5, 0.6) is 5.75 Å². The minimum absolute atomic E-state index is 0.118. The van der Waals surface area contributed by atoms with Crippen LogP contribution >= 0.6 is 0 Å². The topological polar surface area (TPSA) is 128 Å². The molecule has 134 valence electrons. The normalized spacial score (nSPS) is 29.2. The number of phenolic OH excluding ortho intramolecular Hbond substituents is 1. The molecule has 6 atom stereocenters. The third kappa shape index (κ3) is 4.22. The van der Waals surface area contributed by atoms with Crippen LogP contribution in [0.15, 0.2) is 24.3 Å². The molecule has 1 saturated heterocycles. The van der Waals surface area contributed by atoms with Gasteiger partial charge in [-0.1, -0.05) is 12.1 Å². The Hall–Kier alpha value is -1.71. The molecule has 1 aliphatic rings. The van der Waals surface area contributed by atoms with Gasteiger partial charge in [0.1, 0.15) is 30.3 Å². The molecular weight excluding hydrogens is 318 g/mol. The van der Waals surface area contributed by atoms with E-state index in [1.54, 1.807) is 26.0 Å². The molecule has 1 aromatic carbocycles. The van der Waals surface area contributed by atoms with E-state index in [9.17, 15) is 20.1 Å². The van der Waals surface area contributed by atoms with Crippen LogP contribution in [-0.4, -0.2) is 63.8 Å². The Bertz CT molecular complexity index is 550. The lowest BCUT2D eigenvalue weighted by molar-refractivity contribution is -0.196. The monoisotopic (exact) mass is 341 g/mol. The lowest BCUT2D eigenvalue weighted by atomic mass is 10.0. The Morgan fingerprint density at radius 1 is 1.25 bits per heavy atom. The molecule has 0 spiro atoms. The lowest BCUT2D eigenvalue weighted by Gasteiger charge is -2.23. The quantitative estimate of drug-likeness (QED) is 0.438. The zero-order valence-electron chi connectivity index (χ0n) is 13.5. The SMILES string of the molecule is CC(NC(=O)C(C)c1ccc(O)cc1)O[C@@H]1O[C@H](CO)[C@@H](O)[C@H]1O. The molecule has 1 aromatic rings. The van der Waals surface area contributed by atoms with Crippen LogP contribution in [0.3, 0.4) is 0 Å². The molecule has 24 heavy (non-hydrogen) atoms. The van der Waals surface area contributed by atoms with Crippen molar-refractivity contribution in [1.29, 1.82) is 0 Å². The molecule has 2 rings (SSSR count). The molecular formula is C16H23NO7. The van der Waals surface area contributed by atoms with Crippen molar-refractivity contribution < 1.29 is 34.7 Å². The fraction of sp³-hybridized carbons (Fsp3) is 0.562. The molecule has 0 bridgehead atoms. The van der Waals surface area contributed by atoms with Crippen molar-refractivity contribution in [3.05, 3.63) is 29.8 Å². The largest absolute Gasteiger partial charge is 0.508 e. The number of hydrogen-bond donors (Lipinski definition) is 5.